The first-order valence-corrected chi connectivity index (χ1v) is 20.2. The van der Waals surface area contributed by atoms with Crippen LogP contribution in [0.25, 0.3) is 10.9 Å². The molecule has 13 nitrogen and oxygen atoms in total. The van der Waals surface area contributed by atoms with Crippen LogP contribution in [0.15, 0.2) is 45.9 Å². The number of aromatic nitrogens is 1. The summed E-state index contributed by atoms with van der Waals surface area (Å²) in [5, 5.41) is 5.36. The standard InChI is InChI=1S/C36H45BrClF3N4O9S/c1-35(2,3)54-34(48)43-11-5-13-52-15-17-53-16-14-51-12-4-10-42-32(46)18-24-22-45(33(47)23-6-7-23)30-21-31(28(37)20-26(24)30)55(49,50)44-25-8-9-29(38)27(19-25)36(39,40)41/h8-9,19-23,44H,4-7,10-18H2,1-3H3,(H,42,46)(H,43,48). The van der Waals surface area contributed by atoms with Crippen molar-refractivity contribution in [2.24, 2.45) is 5.92 Å². The molecular formula is C36H45BrClF3N4O9S. The second kappa shape index (κ2) is 19.6. The Labute approximate surface area is 331 Å². The van der Waals surface area contributed by atoms with Gasteiger partial charge in [-0.2, -0.15) is 13.2 Å². The number of alkyl halides is 3. The number of anilines is 1. The van der Waals surface area contributed by atoms with Crippen LogP contribution in [0.5, 0.6) is 0 Å². The van der Waals surface area contributed by atoms with Gasteiger partial charge in [0.25, 0.3) is 10.0 Å². The number of nitrogens with one attached hydrogen (secondary N) is 3. The van der Waals surface area contributed by atoms with E-state index < -0.39 is 38.5 Å². The summed E-state index contributed by atoms with van der Waals surface area (Å²) in [6.07, 6.45) is -1.32. The van der Waals surface area contributed by atoms with E-state index in [9.17, 15) is 36.0 Å². The van der Waals surface area contributed by atoms with Crippen molar-refractivity contribution >= 4 is 72.1 Å². The molecule has 0 radical (unpaired) electrons. The van der Waals surface area contributed by atoms with Gasteiger partial charge >= 0.3 is 12.3 Å². The number of carbonyl (C=O) groups is 3. The zero-order chi connectivity index (χ0) is 40.4. The van der Waals surface area contributed by atoms with Gasteiger partial charge in [0.1, 0.15) is 10.5 Å². The van der Waals surface area contributed by atoms with Crippen LogP contribution in [0.4, 0.5) is 23.7 Å². The number of fused-ring (bicyclic) bond motifs is 1. The molecule has 1 heterocycles. The zero-order valence-corrected chi connectivity index (χ0v) is 33.8. The number of ether oxygens (including phenoxy) is 4. The van der Waals surface area contributed by atoms with E-state index in [2.05, 4.69) is 31.3 Å². The van der Waals surface area contributed by atoms with Crippen molar-refractivity contribution in [1.82, 2.24) is 15.2 Å². The lowest BCUT2D eigenvalue weighted by Crippen LogP contribution is -2.33. The summed E-state index contributed by atoms with van der Waals surface area (Å²) >= 11 is 8.95. The second-order valence-electron chi connectivity index (χ2n) is 13.7. The Morgan fingerprint density at radius 3 is 2.09 bits per heavy atom. The Kier molecular flexibility index (Phi) is 15.8. The van der Waals surface area contributed by atoms with Gasteiger partial charge in [0, 0.05) is 54.0 Å². The van der Waals surface area contributed by atoms with E-state index in [1.807, 2.05) is 0 Å². The fraction of sp³-hybridized carbons (Fsp3) is 0.528. The number of rotatable bonds is 20. The Hall–Kier alpha value is -3.42. The van der Waals surface area contributed by atoms with Crippen molar-refractivity contribution in [3.8, 4) is 0 Å². The Balaban J connectivity index is 1.22. The maximum atomic E-state index is 13.4. The first-order valence-electron chi connectivity index (χ1n) is 17.6. The number of amides is 2. The third-order valence-corrected chi connectivity index (χ3v) is 10.6. The molecule has 1 saturated carbocycles. The Morgan fingerprint density at radius 2 is 1.51 bits per heavy atom. The summed E-state index contributed by atoms with van der Waals surface area (Å²) in [6.45, 7) is 8.53. The first-order chi connectivity index (χ1) is 25.9. The molecule has 1 aromatic heterocycles. The van der Waals surface area contributed by atoms with Gasteiger partial charge in [-0.1, -0.05) is 11.6 Å². The van der Waals surface area contributed by atoms with E-state index in [1.54, 1.807) is 20.8 Å². The topological polar surface area (TPSA) is 163 Å². The highest BCUT2D eigenvalue weighted by atomic mass is 79.9. The molecule has 304 valence electrons. The van der Waals surface area contributed by atoms with Crippen molar-refractivity contribution in [2.75, 3.05) is 57.5 Å². The number of hydrogen-bond donors (Lipinski definition) is 3. The molecule has 4 rings (SSSR count). The molecule has 2 aromatic carbocycles. The predicted molar refractivity (Wildman–Crippen MR) is 203 cm³/mol. The summed E-state index contributed by atoms with van der Waals surface area (Å²) in [6, 6.07) is 5.38. The fourth-order valence-electron chi connectivity index (χ4n) is 5.22. The molecule has 1 fully saturated rings. The quantitative estimate of drug-likeness (QED) is 0.102. The minimum Gasteiger partial charge on any atom is -0.444 e. The van der Waals surface area contributed by atoms with Crippen molar-refractivity contribution in [1.29, 1.82) is 0 Å². The lowest BCUT2D eigenvalue weighted by molar-refractivity contribution is -0.137. The van der Waals surface area contributed by atoms with Crippen molar-refractivity contribution in [2.45, 2.75) is 69.5 Å². The molecule has 0 bridgehead atoms. The summed E-state index contributed by atoms with van der Waals surface area (Å²) < 4.78 is 92.3. The Morgan fingerprint density at radius 1 is 0.909 bits per heavy atom. The van der Waals surface area contributed by atoms with E-state index in [4.69, 9.17) is 30.5 Å². The third kappa shape index (κ3) is 13.9. The van der Waals surface area contributed by atoms with Gasteiger partial charge in [0.2, 0.25) is 11.8 Å². The number of benzene rings is 2. The normalized spacial score (nSPS) is 13.5. The summed E-state index contributed by atoms with van der Waals surface area (Å²) in [4.78, 5) is 37.4. The van der Waals surface area contributed by atoms with Crippen LogP contribution in [-0.4, -0.2) is 89.2 Å². The molecule has 19 heteroatoms. The third-order valence-electron chi connectivity index (χ3n) is 7.93. The van der Waals surface area contributed by atoms with Gasteiger partial charge < -0.3 is 29.6 Å². The van der Waals surface area contributed by atoms with Gasteiger partial charge in [0.05, 0.1) is 49.0 Å². The average Bonchev–Trinajstić information content (AvgIpc) is 3.88. The van der Waals surface area contributed by atoms with Crippen LogP contribution >= 0.6 is 27.5 Å². The SMILES string of the molecule is CC(C)(C)OC(=O)NCCCOCCOCCOCCCNC(=O)Cc1cn(C(=O)C2CC2)c2cc(S(=O)(=O)Nc3ccc(Cl)c(C(F)(F)F)c3)c(Br)cc12. The summed E-state index contributed by atoms with van der Waals surface area (Å²) in [5.41, 5.74) is -1.37. The van der Waals surface area contributed by atoms with Crippen molar-refractivity contribution in [3.63, 3.8) is 0 Å². The van der Waals surface area contributed by atoms with E-state index in [0.29, 0.717) is 95.4 Å². The number of hydrogen-bond acceptors (Lipinski definition) is 9. The minimum atomic E-state index is -4.81. The van der Waals surface area contributed by atoms with E-state index >= 15 is 0 Å². The molecule has 1 aliphatic carbocycles. The maximum absolute atomic E-state index is 13.4. The van der Waals surface area contributed by atoms with Crippen LogP contribution in [0.3, 0.4) is 0 Å². The van der Waals surface area contributed by atoms with E-state index in [1.165, 1.54) is 22.9 Å². The maximum Gasteiger partial charge on any atom is 0.417 e. The van der Waals surface area contributed by atoms with Crippen molar-refractivity contribution in [3.05, 3.63) is 57.2 Å². The summed E-state index contributed by atoms with van der Waals surface area (Å²) in [7, 11) is -4.46. The molecular weight excluding hydrogens is 837 g/mol. The molecule has 0 unspecified atom stereocenters. The highest BCUT2D eigenvalue weighted by Gasteiger charge is 2.35. The fourth-order valence-corrected chi connectivity index (χ4v) is 7.56. The molecule has 0 aliphatic heterocycles. The molecule has 0 spiro atoms. The highest BCUT2D eigenvalue weighted by molar-refractivity contribution is 9.10. The van der Waals surface area contributed by atoms with E-state index in [-0.39, 0.29) is 44.7 Å². The highest BCUT2D eigenvalue weighted by Crippen LogP contribution is 2.38. The monoisotopic (exact) mass is 880 g/mol. The van der Waals surface area contributed by atoms with Crippen LogP contribution in [0, 0.1) is 5.92 Å². The van der Waals surface area contributed by atoms with Crippen LogP contribution in [0.1, 0.15) is 62.4 Å². The molecule has 1 aliphatic rings. The second-order valence-corrected chi connectivity index (χ2v) is 16.6. The number of halogens is 5. The van der Waals surface area contributed by atoms with Gasteiger partial charge in [-0.3, -0.25) is 18.9 Å². The smallest absolute Gasteiger partial charge is 0.417 e. The molecule has 55 heavy (non-hydrogen) atoms. The number of alkyl carbamates (subject to hydrolysis) is 1. The number of sulfonamides is 1. The molecule has 2 amide bonds. The first kappa shape index (κ1) is 44.3. The summed E-state index contributed by atoms with van der Waals surface area (Å²) in [5.74, 6) is -0.806. The van der Waals surface area contributed by atoms with Crippen LogP contribution in [0.2, 0.25) is 5.02 Å². The van der Waals surface area contributed by atoms with Gasteiger partial charge in [0.15, 0.2) is 0 Å². The number of carbonyl (C=O) groups excluding carboxylic acids is 3. The zero-order valence-electron chi connectivity index (χ0n) is 30.7. The Bertz CT molecular complexity index is 1930. The predicted octanol–water partition coefficient (Wildman–Crippen LogP) is 6.94. The van der Waals surface area contributed by atoms with Crippen LogP contribution in [-0.2, 0) is 46.4 Å². The van der Waals surface area contributed by atoms with Crippen LogP contribution < -0.4 is 15.4 Å². The largest absolute Gasteiger partial charge is 0.444 e. The van der Waals surface area contributed by atoms with E-state index in [0.717, 1.165) is 12.1 Å². The molecule has 0 atom stereocenters. The molecule has 3 aromatic rings. The number of nitrogens with zero attached hydrogens (tertiary/aromatic N) is 1. The van der Waals surface area contributed by atoms with Gasteiger partial charge in [-0.15, -0.1) is 0 Å². The minimum absolute atomic E-state index is 0.0779. The average molecular weight is 882 g/mol. The van der Waals surface area contributed by atoms with Crippen molar-refractivity contribution < 1.29 is 54.9 Å². The lowest BCUT2D eigenvalue weighted by Gasteiger charge is -2.19. The molecule has 0 saturated heterocycles. The lowest BCUT2D eigenvalue weighted by atomic mass is 10.1. The van der Waals surface area contributed by atoms with Gasteiger partial charge in [-0.25, -0.2) is 13.2 Å². The molecule has 3 N–H and O–H groups in total. The van der Waals surface area contributed by atoms with Gasteiger partial charge in [-0.05, 0) is 98.3 Å².